The topological polar surface area (TPSA) is 80.8 Å². The van der Waals surface area contributed by atoms with Crippen LogP contribution in [0.15, 0.2) is 54.6 Å². The normalized spacial score (nSPS) is 23.2. The van der Waals surface area contributed by atoms with Gasteiger partial charge in [-0.05, 0) is 41.1 Å². The fraction of sp³-hybridized carbons (Fsp3) is 0.550. The van der Waals surface area contributed by atoms with Crippen molar-refractivity contribution >= 4 is 34.1 Å². The Balaban J connectivity index is 0.000000924. The number of urea groups is 1. The lowest BCUT2D eigenvalue weighted by atomic mass is 9.87. The Morgan fingerprint density at radius 3 is 2.32 bits per heavy atom. The largest absolute Gasteiger partial charge is 0.495 e. The Kier molecular flexibility index (Phi) is 12.3. The van der Waals surface area contributed by atoms with Crippen LogP contribution in [0.5, 0.6) is 5.75 Å². The van der Waals surface area contributed by atoms with Crippen LogP contribution in [0.2, 0.25) is 0 Å². The van der Waals surface area contributed by atoms with Crippen molar-refractivity contribution in [2.75, 3.05) is 91.0 Å². The van der Waals surface area contributed by atoms with Crippen LogP contribution in [-0.2, 0) is 16.1 Å². The number of morpholine rings is 1. The molecule has 3 atom stereocenters. The number of hydrogen-bond acceptors (Lipinski definition) is 8. The fourth-order valence-corrected chi connectivity index (χ4v) is 8.24. The molecule has 0 aliphatic carbocycles. The van der Waals surface area contributed by atoms with Gasteiger partial charge in [-0.15, -0.1) is 0 Å². The third-order valence-electron chi connectivity index (χ3n) is 10.4. The molecule has 10 nitrogen and oxygen atoms in total. The molecule has 0 saturated carbocycles. The summed E-state index contributed by atoms with van der Waals surface area (Å²) in [5.41, 5.74) is 3.48. The summed E-state index contributed by atoms with van der Waals surface area (Å²) < 4.78 is 11.0. The second-order valence-electron chi connectivity index (χ2n) is 13.7. The number of nitrogens with one attached hydrogen (secondary N) is 1. The summed E-state index contributed by atoms with van der Waals surface area (Å²) in [6.07, 6.45) is 2.01. The first-order chi connectivity index (χ1) is 24.3. The standard InChI is InChI=1S/C35H44N6O4.C3H8.C2H6/c1-36-29-19-24(9-12-32(29)44-4)21-39-22-25-20-31(28-10-11-30(37(2)3)27-8-6-5-7-26(27)28)41-34(43)40(33(42)35(25,41)23-39)14-13-38-15-17-45-18-16-38;1-3-2;1-2/h5-12,19,25,31,36H,13-18,20-23H2,1-4H3;3H2,1-2H3;1-2H3/t25-,31?,35+;;/m1../s1. The first-order valence-corrected chi connectivity index (χ1v) is 18.5. The monoisotopic (exact) mass is 686 g/mol. The fourth-order valence-electron chi connectivity index (χ4n) is 8.24. The molecule has 1 unspecified atom stereocenters. The van der Waals surface area contributed by atoms with Gasteiger partial charge in [0.05, 0.1) is 32.1 Å². The first-order valence-electron chi connectivity index (χ1n) is 18.5. The zero-order valence-electron chi connectivity index (χ0n) is 31.5. The quantitative estimate of drug-likeness (QED) is 0.263. The summed E-state index contributed by atoms with van der Waals surface area (Å²) in [6.45, 7) is 14.3. The van der Waals surface area contributed by atoms with E-state index in [4.69, 9.17) is 9.47 Å². The van der Waals surface area contributed by atoms with Crippen molar-refractivity contribution < 1.29 is 19.1 Å². The number of nitrogens with zero attached hydrogens (tertiary/aromatic N) is 5. The molecule has 3 aromatic rings. The number of carbonyl (C=O) groups excluding carboxylic acids is 2. The van der Waals surface area contributed by atoms with Gasteiger partial charge in [-0.2, -0.15) is 0 Å². The van der Waals surface area contributed by atoms with Crippen LogP contribution in [0, 0.1) is 5.92 Å². The highest BCUT2D eigenvalue weighted by Crippen LogP contribution is 2.56. The number of methoxy groups -OCH3 is 1. The van der Waals surface area contributed by atoms with E-state index in [0.29, 0.717) is 39.4 Å². The Morgan fingerprint density at radius 1 is 0.960 bits per heavy atom. The molecule has 0 aromatic heterocycles. The molecular formula is C40H58N6O4. The smallest absolute Gasteiger partial charge is 0.328 e. The number of likely N-dealkylation sites (tertiary alicyclic amines) is 1. The molecule has 4 heterocycles. The average molecular weight is 687 g/mol. The van der Waals surface area contributed by atoms with Crippen molar-refractivity contribution in [3.05, 3.63) is 65.7 Å². The highest BCUT2D eigenvalue weighted by Gasteiger charge is 2.70. The average Bonchev–Trinajstić information content (AvgIpc) is 3.71. The summed E-state index contributed by atoms with van der Waals surface area (Å²) in [6, 6.07) is 18.7. The highest BCUT2D eigenvalue weighted by molar-refractivity contribution is 6.09. The van der Waals surface area contributed by atoms with Crippen LogP contribution in [0.1, 0.15) is 57.7 Å². The number of benzene rings is 3. The van der Waals surface area contributed by atoms with Crippen LogP contribution in [0.4, 0.5) is 16.2 Å². The summed E-state index contributed by atoms with van der Waals surface area (Å²) >= 11 is 0. The molecule has 272 valence electrons. The van der Waals surface area contributed by atoms with Gasteiger partial charge in [-0.25, -0.2) is 4.79 Å². The highest BCUT2D eigenvalue weighted by atomic mass is 16.5. The molecule has 50 heavy (non-hydrogen) atoms. The predicted molar refractivity (Wildman–Crippen MR) is 203 cm³/mol. The van der Waals surface area contributed by atoms with Crippen LogP contribution in [0.25, 0.3) is 10.8 Å². The van der Waals surface area contributed by atoms with E-state index in [-0.39, 0.29) is 23.9 Å². The van der Waals surface area contributed by atoms with Crippen LogP contribution >= 0.6 is 0 Å². The van der Waals surface area contributed by atoms with Crippen molar-refractivity contribution in [3.63, 3.8) is 0 Å². The first kappa shape index (κ1) is 37.4. The maximum absolute atomic E-state index is 14.6. The van der Waals surface area contributed by atoms with Crippen molar-refractivity contribution in [2.45, 2.75) is 58.7 Å². The van der Waals surface area contributed by atoms with Gasteiger partial charge in [0.25, 0.3) is 5.91 Å². The molecule has 4 saturated heterocycles. The third kappa shape index (κ3) is 6.90. The van der Waals surface area contributed by atoms with Crippen LogP contribution in [-0.4, -0.2) is 118 Å². The summed E-state index contributed by atoms with van der Waals surface area (Å²) in [5, 5.41) is 5.53. The summed E-state index contributed by atoms with van der Waals surface area (Å²) in [5.74, 6) is 0.810. The van der Waals surface area contributed by atoms with Gasteiger partial charge < -0.3 is 24.6 Å². The Labute approximate surface area is 299 Å². The maximum atomic E-state index is 14.6. The number of hydrogen-bond donors (Lipinski definition) is 1. The lowest BCUT2D eigenvalue weighted by molar-refractivity contribution is -0.133. The van der Waals surface area contributed by atoms with Crippen molar-refractivity contribution in [2.24, 2.45) is 5.92 Å². The minimum Gasteiger partial charge on any atom is -0.495 e. The molecule has 3 aromatic carbocycles. The van der Waals surface area contributed by atoms with Gasteiger partial charge in [0, 0.05) is 83.9 Å². The number of imide groups is 1. The van der Waals surface area contributed by atoms with Gasteiger partial charge in [-0.1, -0.05) is 70.5 Å². The molecule has 4 aliphatic heterocycles. The third-order valence-corrected chi connectivity index (χ3v) is 10.4. The van der Waals surface area contributed by atoms with Crippen molar-refractivity contribution in [3.8, 4) is 5.75 Å². The molecule has 7 rings (SSSR count). The van der Waals surface area contributed by atoms with Gasteiger partial charge >= 0.3 is 6.03 Å². The molecule has 1 spiro atoms. The van der Waals surface area contributed by atoms with Gasteiger partial charge in [0.2, 0.25) is 0 Å². The number of ether oxygens (including phenoxy) is 2. The molecule has 4 fully saturated rings. The van der Waals surface area contributed by atoms with E-state index in [9.17, 15) is 9.59 Å². The van der Waals surface area contributed by atoms with Crippen molar-refractivity contribution in [1.29, 1.82) is 0 Å². The Morgan fingerprint density at radius 2 is 1.66 bits per heavy atom. The molecule has 10 heteroatoms. The molecule has 3 amide bonds. The number of carbonyl (C=O) groups is 2. The van der Waals surface area contributed by atoms with Crippen LogP contribution < -0.4 is 15.0 Å². The SMILES string of the molecule is CC.CCC.CNc1cc(CN2C[C@H]3CC(c4ccc(N(C)C)c5ccccc45)N4C(=O)N(CCN5CCOCC5)C(=O)[C@]34C2)ccc1OC. The van der Waals surface area contributed by atoms with Gasteiger partial charge in [-0.3, -0.25) is 19.5 Å². The molecule has 4 aliphatic rings. The van der Waals surface area contributed by atoms with Crippen molar-refractivity contribution in [1.82, 2.24) is 19.6 Å². The molecule has 0 bridgehead atoms. The number of amides is 3. The Hall–Kier alpha value is -3.86. The second kappa shape index (κ2) is 16.4. The predicted octanol–water partition coefficient (Wildman–Crippen LogP) is 6.31. The van der Waals surface area contributed by atoms with E-state index in [1.807, 2.05) is 31.9 Å². The van der Waals surface area contributed by atoms with Crippen LogP contribution in [0.3, 0.4) is 0 Å². The number of anilines is 2. The van der Waals surface area contributed by atoms with Gasteiger partial charge in [0.1, 0.15) is 11.3 Å². The number of rotatable bonds is 9. The summed E-state index contributed by atoms with van der Waals surface area (Å²) in [4.78, 5) is 39.4. The lowest BCUT2D eigenvalue weighted by Gasteiger charge is -2.33. The van der Waals surface area contributed by atoms with Gasteiger partial charge in [0.15, 0.2) is 0 Å². The van der Waals surface area contributed by atoms with E-state index >= 15 is 0 Å². The van der Waals surface area contributed by atoms with E-state index in [1.165, 1.54) is 6.42 Å². The summed E-state index contributed by atoms with van der Waals surface area (Å²) in [7, 11) is 7.68. The molecular weight excluding hydrogens is 628 g/mol. The lowest BCUT2D eigenvalue weighted by Crippen LogP contribution is -2.51. The maximum Gasteiger partial charge on any atom is 0.328 e. The zero-order valence-corrected chi connectivity index (χ0v) is 31.5. The number of fused-ring (bicyclic) bond motifs is 1. The minimum absolute atomic E-state index is 0.0318. The van der Waals surface area contributed by atoms with E-state index in [1.54, 1.807) is 12.0 Å². The molecule has 1 N–H and O–H groups in total. The zero-order chi connectivity index (χ0) is 36.0. The molecule has 0 radical (unpaired) electrons. The van der Waals surface area contributed by atoms with E-state index in [2.05, 4.69) is 96.5 Å². The van der Waals surface area contributed by atoms with E-state index in [0.717, 1.165) is 65.1 Å². The second-order valence-corrected chi connectivity index (χ2v) is 13.7. The Bertz CT molecular complexity index is 1620. The minimum atomic E-state index is -0.869. The van der Waals surface area contributed by atoms with E-state index < -0.39 is 5.54 Å².